The molecule has 0 bridgehead atoms. The number of fused-ring (bicyclic) bond motifs is 1. The van der Waals surface area contributed by atoms with Crippen LogP contribution in [0.3, 0.4) is 0 Å². The number of aromatic nitrogens is 1. The summed E-state index contributed by atoms with van der Waals surface area (Å²) >= 11 is 1.54. The van der Waals surface area contributed by atoms with Gasteiger partial charge in [-0.05, 0) is 61.6 Å². The summed E-state index contributed by atoms with van der Waals surface area (Å²) in [5.41, 5.74) is 5.85. The Morgan fingerprint density at radius 1 is 1.03 bits per heavy atom. The molecule has 158 valence electrons. The molecule has 1 aromatic heterocycles. The smallest absolute Gasteiger partial charge is 0.257 e. The number of nitrogens with one attached hydrogen (secondary N) is 1. The molecule has 0 fully saturated rings. The average Bonchev–Trinajstić information content (AvgIpc) is 3.22. The number of amides is 1. The standard InChI is InChI=1S/C26H26N2O2S/c1-18-8-6-13-23-24(18)28-26(30-23)31-17-21-11-7-12-22(16-21)25(29)27-19(2)14-15-20-9-4-3-5-10-20/h3-13,16,19H,14-15,17H2,1-2H3,(H,27,29). The maximum Gasteiger partial charge on any atom is 0.257 e. The van der Waals surface area contributed by atoms with E-state index < -0.39 is 0 Å². The van der Waals surface area contributed by atoms with E-state index >= 15 is 0 Å². The van der Waals surface area contributed by atoms with Gasteiger partial charge in [-0.1, -0.05) is 66.4 Å². The Balaban J connectivity index is 1.33. The summed E-state index contributed by atoms with van der Waals surface area (Å²) in [6.07, 6.45) is 1.85. The fourth-order valence-corrected chi connectivity index (χ4v) is 4.26. The molecule has 1 heterocycles. The predicted octanol–water partition coefficient (Wildman–Crippen LogP) is 6.18. The molecule has 0 spiro atoms. The van der Waals surface area contributed by atoms with E-state index in [1.165, 1.54) is 17.3 Å². The Morgan fingerprint density at radius 2 is 1.81 bits per heavy atom. The lowest BCUT2D eigenvalue weighted by molar-refractivity contribution is 0.0938. The fourth-order valence-electron chi connectivity index (χ4n) is 3.48. The van der Waals surface area contributed by atoms with Crippen LogP contribution >= 0.6 is 11.8 Å². The molecule has 1 atom stereocenters. The minimum atomic E-state index is -0.0371. The molecule has 0 radical (unpaired) electrons. The van der Waals surface area contributed by atoms with Crippen molar-refractivity contribution < 1.29 is 9.21 Å². The summed E-state index contributed by atoms with van der Waals surface area (Å²) in [5, 5.41) is 3.76. The number of hydrogen-bond donors (Lipinski definition) is 1. The second kappa shape index (κ2) is 9.84. The molecule has 0 saturated carbocycles. The van der Waals surface area contributed by atoms with Crippen LogP contribution in [-0.4, -0.2) is 16.9 Å². The van der Waals surface area contributed by atoms with Crippen molar-refractivity contribution in [1.82, 2.24) is 10.3 Å². The summed E-state index contributed by atoms with van der Waals surface area (Å²) in [5.74, 6) is 0.654. The largest absolute Gasteiger partial charge is 0.431 e. The quantitative estimate of drug-likeness (QED) is 0.339. The van der Waals surface area contributed by atoms with Crippen molar-refractivity contribution in [3.8, 4) is 0 Å². The first-order chi connectivity index (χ1) is 15.1. The first-order valence-corrected chi connectivity index (χ1v) is 11.5. The Kier molecular flexibility index (Phi) is 6.73. The molecule has 4 nitrogen and oxygen atoms in total. The van der Waals surface area contributed by atoms with Crippen molar-refractivity contribution in [2.75, 3.05) is 0 Å². The maximum absolute atomic E-state index is 12.7. The maximum atomic E-state index is 12.7. The normalized spacial score (nSPS) is 12.1. The van der Waals surface area contributed by atoms with Crippen molar-refractivity contribution in [3.63, 3.8) is 0 Å². The third-order valence-corrected chi connectivity index (χ3v) is 6.14. The highest BCUT2D eigenvalue weighted by molar-refractivity contribution is 7.98. The van der Waals surface area contributed by atoms with Gasteiger partial charge in [-0.25, -0.2) is 4.98 Å². The molecule has 0 aliphatic heterocycles. The zero-order valence-electron chi connectivity index (χ0n) is 17.8. The first kappa shape index (κ1) is 21.2. The Bertz CT molecular complexity index is 1170. The number of carbonyl (C=O) groups excluding carboxylic acids is 1. The number of oxazole rings is 1. The van der Waals surface area contributed by atoms with Gasteiger partial charge in [0.05, 0.1) is 0 Å². The second-order valence-electron chi connectivity index (χ2n) is 7.79. The lowest BCUT2D eigenvalue weighted by Crippen LogP contribution is -2.32. The van der Waals surface area contributed by atoms with Crippen LogP contribution in [0.5, 0.6) is 0 Å². The molecule has 4 rings (SSSR count). The number of para-hydroxylation sites is 1. The summed E-state index contributed by atoms with van der Waals surface area (Å²) in [6.45, 7) is 4.08. The second-order valence-corrected chi connectivity index (χ2v) is 8.72. The van der Waals surface area contributed by atoms with Gasteiger partial charge in [0.2, 0.25) is 0 Å². The summed E-state index contributed by atoms with van der Waals surface area (Å²) < 4.78 is 5.84. The monoisotopic (exact) mass is 430 g/mol. The number of carbonyl (C=O) groups is 1. The van der Waals surface area contributed by atoms with Crippen LogP contribution in [0, 0.1) is 6.92 Å². The van der Waals surface area contributed by atoms with E-state index in [4.69, 9.17) is 4.42 Å². The van der Waals surface area contributed by atoms with Crippen molar-refractivity contribution in [1.29, 1.82) is 0 Å². The molecular weight excluding hydrogens is 404 g/mol. The third-order valence-electron chi connectivity index (χ3n) is 5.24. The highest BCUT2D eigenvalue weighted by atomic mass is 32.2. The van der Waals surface area contributed by atoms with Crippen LogP contribution < -0.4 is 5.32 Å². The van der Waals surface area contributed by atoms with Crippen LogP contribution in [0.1, 0.15) is 40.4 Å². The van der Waals surface area contributed by atoms with E-state index in [9.17, 15) is 4.79 Å². The average molecular weight is 431 g/mol. The molecule has 5 heteroatoms. The van der Waals surface area contributed by atoms with Crippen LogP contribution in [0.25, 0.3) is 11.1 Å². The minimum absolute atomic E-state index is 0.0371. The molecule has 1 amide bonds. The fraction of sp³-hybridized carbons (Fsp3) is 0.231. The van der Waals surface area contributed by atoms with Crippen molar-refractivity contribution in [2.45, 2.75) is 43.7 Å². The number of nitrogens with zero attached hydrogens (tertiary/aromatic N) is 1. The molecular formula is C26H26N2O2S. The van der Waals surface area contributed by atoms with Gasteiger partial charge in [0.25, 0.3) is 11.1 Å². The van der Waals surface area contributed by atoms with Gasteiger partial charge in [-0.3, -0.25) is 4.79 Å². The Morgan fingerprint density at radius 3 is 2.61 bits per heavy atom. The van der Waals surface area contributed by atoms with E-state index in [-0.39, 0.29) is 11.9 Å². The van der Waals surface area contributed by atoms with Crippen molar-refractivity contribution in [3.05, 3.63) is 95.1 Å². The first-order valence-electron chi connectivity index (χ1n) is 10.5. The molecule has 31 heavy (non-hydrogen) atoms. The van der Waals surface area contributed by atoms with Gasteiger partial charge >= 0.3 is 0 Å². The SMILES string of the molecule is Cc1cccc2oc(SCc3cccc(C(=O)NC(C)CCc4ccccc4)c3)nc12. The summed E-state index contributed by atoms with van der Waals surface area (Å²) in [4.78, 5) is 17.3. The Hall–Kier alpha value is -3.05. The number of thioether (sulfide) groups is 1. The topological polar surface area (TPSA) is 55.1 Å². The zero-order chi connectivity index (χ0) is 21.6. The van der Waals surface area contributed by atoms with Crippen molar-refractivity contribution >= 4 is 28.8 Å². The van der Waals surface area contributed by atoms with E-state index in [1.807, 2.05) is 67.6 Å². The highest BCUT2D eigenvalue weighted by Gasteiger charge is 2.12. The molecule has 0 aliphatic carbocycles. The number of benzene rings is 3. The number of rotatable bonds is 8. The van der Waals surface area contributed by atoms with Crippen LogP contribution in [0.15, 0.2) is 82.4 Å². The third kappa shape index (κ3) is 5.56. The minimum Gasteiger partial charge on any atom is -0.431 e. The molecule has 1 N–H and O–H groups in total. The Labute approximate surface area is 187 Å². The lowest BCUT2D eigenvalue weighted by Gasteiger charge is -2.14. The van der Waals surface area contributed by atoms with E-state index in [0.29, 0.717) is 16.5 Å². The lowest BCUT2D eigenvalue weighted by atomic mass is 10.1. The summed E-state index contributed by atoms with van der Waals surface area (Å²) in [7, 11) is 0. The molecule has 1 unspecified atom stereocenters. The van der Waals surface area contributed by atoms with E-state index in [0.717, 1.165) is 35.1 Å². The van der Waals surface area contributed by atoms with Gasteiger partial charge in [0.15, 0.2) is 5.58 Å². The van der Waals surface area contributed by atoms with E-state index in [1.54, 1.807) is 0 Å². The van der Waals surface area contributed by atoms with Gasteiger partial charge in [-0.15, -0.1) is 0 Å². The molecule has 3 aromatic carbocycles. The summed E-state index contributed by atoms with van der Waals surface area (Å²) in [6, 6.07) is 24.1. The van der Waals surface area contributed by atoms with Gasteiger partial charge in [0, 0.05) is 17.4 Å². The van der Waals surface area contributed by atoms with Crippen LogP contribution in [0.4, 0.5) is 0 Å². The number of hydrogen-bond acceptors (Lipinski definition) is 4. The van der Waals surface area contributed by atoms with Gasteiger partial charge in [-0.2, -0.15) is 0 Å². The zero-order valence-corrected chi connectivity index (χ0v) is 18.6. The molecule has 0 aliphatic rings. The highest BCUT2D eigenvalue weighted by Crippen LogP contribution is 2.27. The van der Waals surface area contributed by atoms with Crippen molar-refractivity contribution in [2.24, 2.45) is 0 Å². The van der Waals surface area contributed by atoms with Crippen LogP contribution in [0.2, 0.25) is 0 Å². The van der Waals surface area contributed by atoms with Crippen LogP contribution in [-0.2, 0) is 12.2 Å². The van der Waals surface area contributed by atoms with E-state index in [2.05, 4.69) is 29.4 Å². The number of aryl methyl sites for hydroxylation is 2. The van der Waals surface area contributed by atoms with Gasteiger partial charge < -0.3 is 9.73 Å². The molecule has 4 aromatic rings. The predicted molar refractivity (Wildman–Crippen MR) is 126 cm³/mol. The van der Waals surface area contributed by atoms with Gasteiger partial charge in [0.1, 0.15) is 5.52 Å². The molecule has 0 saturated heterocycles.